The first-order chi connectivity index (χ1) is 10.6. The maximum Gasteiger partial charge on any atom is 0.254 e. The van der Waals surface area contributed by atoms with Gasteiger partial charge in [-0.3, -0.25) is 14.2 Å². The summed E-state index contributed by atoms with van der Waals surface area (Å²) in [6.07, 6.45) is 2.08. The predicted octanol–water partition coefficient (Wildman–Crippen LogP) is 1.84. The highest BCUT2D eigenvalue weighted by Gasteiger charge is 2.20. The Balaban J connectivity index is 1.99. The number of aryl methyl sites for hydroxylation is 1. The number of hydrogen-bond acceptors (Lipinski definition) is 3. The molecule has 0 bridgehead atoms. The third-order valence-electron chi connectivity index (χ3n) is 3.92. The largest absolute Gasteiger partial charge is 0.341 e. The number of nitrogens with zero attached hydrogens (tertiary/aromatic N) is 3. The molecule has 2 heterocycles. The lowest BCUT2D eigenvalue weighted by Gasteiger charge is -2.18. The summed E-state index contributed by atoms with van der Waals surface area (Å²) in [5, 5.41) is 0. The van der Waals surface area contributed by atoms with E-state index in [4.69, 9.17) is 0 Å². The lowest BCUT2D eigenvalue weighted by molar-refractivity contribution is -0.130. The molecule has 0 unspecified atom stereocenters. The van der Waals surface area contributed by atoms with E-state index in [2.05, 4.69) is 4.98 Å². The first kappa shape index (κ1) is 14.5. The van der Waals surface area contributed by atoms with E-state index in [-0.39, 0.29) is 18.0 Å². The van der Waals surface area contributed by atoms with Crippen LogP contribution in [-0.4, -0.2) is 33.4 Å². The molecule has 1 fully saturated rings. The van der Waals surface area contributed by atoms with E-state index < -0.39 is 0 Å². The lowest BCUT2D eigenvalue weighted by Crippen LogP contribution is -2.35. The molecule has 114 valence electrons. The average Bonchev–Trinajstić information content (AvgIpc) is 3.05. The quantitative estimate of drug-likeness (QED) is 0.868. The Labute approximate surface area is 129 Å². The van der Waals surface area contributed by atoms with Gasteiger partial charge in [0.25, 0.3) is 5.56 Å². The maximum atomic E-state index is 12.4. The van der Waals surface area contributed by atoms with Crippen LogP contribution in [0.3, 0.4) is 0 Å². The molecule has 3 rings (SSSR count). The Morgan fingerprint density at radius 3 is 2.55 bits per heavy atom. The average molecular weight is 297 g/mol. The van der Waals surface area contributed by atoms with Crippen molar-refractivity contribution in [2.24, 2.45) is 0 Å². The molecule has 1 aromatic carbocycles. The van der Waals surface area contributed by atoms with E-state index in [0.29, 0.717) is 11.5 Å². The molecular weight excluding hydrogens is 278 g/mol. The molecule has 0 saturated carbocycles. The summed E-state index contributed by atoms with van der Waals surface area (Å²) < 4.78 is 1.48. The minimum atomic E-state index is -0.182. The topological polar surface area (TPSA) is 55.2 Å². The van der Waals surface area contributed by atoms with Crippen molar-refractivity contribution in [3.8, 4) is 11.4 Å². The van der Waals surface area contributed by atoms with Crippen LogP contribution in [0.15, 0.2) is 41.2 Å². The van der Waals surface area contributed by atoms with Gasteiger partial charge in [0.15, 0.2) is 0 Å². The van der Waals surface area contributed by atoms with Crippen LogP contribution in [0.5, 0.6) is 0 Å². The Hall–Kier alpha value is -2.43. The van der Waals surface area contributed by atoms with Gasteiger partial charge in [0, 0.05) is 30.4 Å². The fourth-order valence-electron chi connectivity index (χ4n) is 2.78. The van der Waals surface area contributed by atoms with Gasteiger partial charge in [0.1, 0.15) is 12.4 Å². The van der Waals surface area contributed by atoms with Crippen molar-refractivity contribution in [1.82, 2.24) is 14.5 Å². The van der Waals surface area contributed by atoms with Crippen LogP contribution in [0.1, 0.15) is 18.5 Å². The van der Waals surface area contributed by atoms with Gasteiger partial charge < -0.3 is 4.90 Å². The number of likely N-dealkylation sites (tertiary alicyclic amines) is 1. The van der Waals surface area contributed by atoms with Crippen molar-refractivity contribution >= 4 is 5.91 Å². The minimum absolute atomic E-state index is 0.0116. The molecule has 5 nitrogen and oxygen atoms in total. The monoisotopic (exact) mass is 297 g/mol. The fourth-order valence-corrected chi connectivity index (χ4v) is 2.78. The number of carbonyl (C=O) groups is 1. The number of hydrogen-bond donors (Lipinski definition) is 0. The molecule has 0 N–H and O–H groups in total. The van der Waals surface area contributed by atoms with Gasteiger partial charge in [-0.25, -0.2) is 4.98 Å². The maximum absolute atomic E-state index is 12.4. The Bertz CT molecular complexity index is 731. The van der Waals surface area contributed by atoms with Crippen LogP contribution in [0.25, 0.3) is 11.4 Å². The Kier molecular flexibility index (Phi) is 4.04. The summed E-state index contributed by atoms with van der Waals surface area (Å²) in [6, 6.07) is 11.0. The molecule has 1 amide bonds. The second-order valence-electron chi connectivity index (χ2n) is 5.60. The highest BCUT2D eigenvalue weighted by atomic mass is 16.2. The SMILES string of the molecule is Cc1cc(=O)n(CC(=O)N2CCCC2)c(-c2ccccc2)n1. The van der Waals surface area contributed by atoms with Crippen molar-refractivity contribution < 1.29 is 4.79 Å². The van der Waals surface area contributed by atoms with Gasteiger partial charge in [-0.1, -0.05) is 30.3 Å². The zero-order valence-electron chi connectivity index (χ0n) is 12.7. The smallest absolute Gasteiger partial charge is 0.254 e. The third kappa shape index (κ3) is 2.93. The van der Waals surface area contributed by atoms with E-state index in [1.165, 1.54) is 10.6 Å². The molecule has 2 aromatic rings. The van der Waals surface area contributed by atoms with E-state index in [0.717, 1.165) is 31.5 Å². The molecule has 0 atom stereocenters. The van der Waals surface area contributed by atoms with Gasteiger partial charge >= 0.3 is 0 Å². The third-order valence-corrected chi connectivity index (χ3v) is 3.92. The van der Waals surface area contributed by atoms with Crippen molar-refractivity contribution in [1.29, 1.82) is 0 Å². The first-order valence-electron chi connectivity index (χ1n) is 7.57. The van der Waals surface area contributed by atoms with E-state index in [1.54, 1.807) is 6.92 Å². The highest BCUT2D eigenvalue weighted by Crippen LogP contribution is 2.16. The minimum Gasteiger partial charge on any atom is -0.341 e. The Morgan fingerprint density at radius 2 is 1.86 bits per heavy atom. The molecule has 22 heavy (non-hydrogen) atoms. The molecule has 1 saturated heterocycles. The summed E-state index contributed by atoms with van der Waals surface area (Å²) in [6.45, 7) is 3.41. The van der Waals surface area contributed by atoms with Crippen LogP contribution in [0.2, 0.25) is 0 Å². The number of benzene rings is 1. The van der Waals surface area contributed by atoms with E-state index in [9.17, 15) is 9.59 Å². The van der Waals surface area contributed by atoms with Crippen molar-refractivity contribution in [2.75, 3.05) is 13.1 Å². The van der Waals surface area contributed by atoms with Crippen LogP contribution >= 0.6 is 0 Å². The first-order valence-corrected chi connectivity index (χ1v) is 7.57. The fraction of sp³-hybridized carbons (Fsp3) is 0.353. The van der Waals surface area contributed by atoms with E-state index in [1.807, 2.05) is 35.2 Å². The molecule has 0 radical (unpaired) electrons. The molecule has 1 aliphatic rings. The number of carbonyl (C=O) groups excluding carboxylic acids is 1. The second kappa shape index (κ2) is 6.13. The highest BCUT2D eigenvalue weighted by molar-refractivity contribution is 5.77. The summed E-state index contributed by atoms with van der Waals surface area (Å²) >= 11 is 0. The molecular formula is C17H19N3O2. The normalized spacial score (nSPS) is 14.3. The molecule has 0 spiro atoms. The zero-order valence-corrected chi connectivity index (χ0v) is 12.7. The standard InChI is InChI=1S/C17H19N3O2/c1-13-11-15(21)20(12-16(22)19-9-5-6-10-19)17(18-13)14-7-3-2-4-8-14/h2-4,7-8,11H,5-6,9-10,12H2,1H3. The lowest BCUT2D eigenvalue weighted by atomic mass is 10.2. The van der Waals surface area contributed by atoms with Crippen LogP contribution in [0, 0.1) is 6.92 Å². The summed E-state index contributed by atoms with van der Waals surface area (Å²) in [5.74, 6) is 0.542. The number of amides is 1. The van der Waals surface area contributed by atoms with Crippen molar-refractivity contribution in [2.45, 2.75) is 26.3 Å². The zero-order chi connectivity index (χ0) is 15.5. The molecule has 1 aliphatic heterocycles. The van der Waals surface area contributed by atoms with Crippen molar-refractivity contribution in [3.63, 3.8) is 0 Å². The van der Waals surface area contributed by atoms with Crippen LogP contribution in [0.4, 0.5) is 0 Å². The summed E-state index contributed by atoms with van der Waals surface area (Å²) in [4.78, 5) is 31.0. The summed E-state index contributed by atoms with van der Waals surface area (Å²) in [7, 11) is 0. The van der Waals surface area contributed by atoms with Gasteiger partial charge in [0.05, 0.1) is 0 Å². The second-order valence-corrected chi connectivity index (χ2v) is 5.60. The van der Waals surface area contributed by atoms with Crippen LogP contribution in [-0.2, 0) is 11.3 Å². The van der Waals surface area contributed by atoms with Gasteiger partial charge in [-0.2, -0.15) is 0 Å². The van der Waals surface area contributed by atoms with Gasteiger partial charge in [-0.05, 0) is 19.8 Å². The van der Waals surface area contributed by atoms with Crippen molar-refractivity contribution in [3.05, 3.63) is 52.4 Å². The number of rotatable bonds is 3. The Morgan fingerprint density at radius 1 is 1.18 bits per heavy atom. The number of aromatic nitrogens is 2. The summed E-state index contributed by atoms with van der Waals surface area (Å²) in [5.41, 5.74) is 1.32. The predicted molar refractivity (Wildman–Crippen MR) is 84.5 cm³/mol. The van der Waals surface area contributed by atoms with E-state index >= 15 is 0 Å². The molecule has 1 aromatic heterocycles. The molecule has 5 heteroatoms. The van der Waals surface area contributed by atoms with Gasteiger partial charge in [0.2, 0.25) is 5.91 Å². The van der Waals surface area contributed by atoms with Crippen LogP contribution < -0.4 is 5.56 Å². The van der Waals surface area contributed by atoms with Gasteiger partial charge in [-0.15, -0.1) is 0 Å². The molecule has 0 aliphatic carbocycles.